The van der Waals surface area contributed by atoms with Crippen molar-refractivity contribution >= 4 is 15.9 Å². The number of nitrogens with one attached hydrogen (secondary N) is 1. The quantitative estimate of drug-likeness (QED) is 0.902. The summed E-state index contributed by atoms with van der Waals surface area (Å²) in [7, 11) is -2.48. The molecular formula is C16H14N2O4S. The second kappa shape index (κ2) is 7.05. The van der Waals surface area contributed by atoms with Gasteiger partial charge in [-0.2, -0.15) is 5.26 Å². The molecule has 0 saturated carbocycles. The number of nitrogens with zero attached hydrogens (tertiary/aromatic N) is 1. The third-order valence-electron chi connectivity index (χ3n) is 3.03. The van der Waals surface area contributed by atoms with Gasteiger partial charge in [-0.05, 0) is 35.9 Å². The van der Waals surface area contributed by atoms with Crippen molar-refractivity contribution in [2.75, 3.05) is 7.11 Å². The van der Waals surface area contributed by atoms with Crippen LogP contribution in [-0.4, -0.2) is 21.4 Å². The Bertz CT molecular complexity index is 852. The summed E-state index contributed by atoms with van der Waals surface area (Å²) >= 11 is 0. The predicted molar refractivity (Wildman–Crippen MR) is 83.0 cm³/mol. The Labute approximate surface area is 134 Å². The van der Waals surface area contributed by atoms with Crippen LogP contribution in [0.25, 0.3) is 0 Å². The number of rotatable bonds is 5. The first kappa shape index (κ1) is 16.7. The standard InChI is InChI=1S/C16H14N2O4S/c1-22-11-12-5-7-14(8-6-12)16(19)18-23(20,21)15-4-2-3-13(9-15)10-17/h2-9H,11H2,1H3,(H,18,19). The molecule has 0 bridgehead atoms. The highest BCUT2D eigenvalue weighted by molar-refractivity contribution is 7.90. The lowest BCUT2D eigenvalue weighted by molar-refractivity contribution is 0.0981. The van der Waals surface area contributed by atoms with Crippen LogP contribution in [0.2, 0.25) is 0 Å². The third kappa shape index (κ3) is 4.16. The summed E-state index contributed by atoms with van der Waals surface area (Å²) in [6.45, 7) is 0.404. The second-order valence-electron chi connectivity index (χ2n) is 4.70. The van der Waals surface area contributed by atoms with E-state index in [2.05, 4.69) is 0 Å². The third-order valence-corrected chi connectivity index (χ3v) is 4.36. The smallest absolute Gasteiger partial charge is 0.264 e. The Morgan fingerprint density at radius 1 is 1.22 bits per heavy atom. The van der Waals surface area contributed by atoms with Gasteiger partial charge in [-0.3, -0.25) is 4.79 Å². The van der Waals surface area contributed by atoms with Gasteiger partial charge in [0, 0.05) is 12.7 Å². The molecular weight excluding hydrogens is 316 g/mol. The van der Waals surface area contributed by atoms with Crippen LogP contribution in [0, 0.1) is 11.3 Å². The fourth-order valence-corrected chi connectivity index (χ4v) is 2.91. The van der Waals surface area contributed by atoms with E-state index in [1.165, 1.54) is 36.4 Å². The van der Waals surface area contributed by atoms with Crippen molar-refractivity contribution < 1.29 is 17.9 Å². The normalized spacial score (nSPS) is 10.8. The molecule has 0 unspecified atom stereocenters. The van der Waals surface area contributed by atoms with E-state index in [0.29, 0.717) is 6.61 Å². The first-order valence-corrected chi connectivity index (χ1v) is 8.10. The van der Waals surface area contributed by atoms with Crippen LogP contribution in [0.3, 0.4) is 0 Å². The molecule has 7 heteroatoms. The molecule has 23 heavy (non-hydrogen) atoms. The van der Waals surface area contributed by atoms with Gasteiger partial charge in [0.15, 0.2) is 0 Å². The van der Waals surface area contributed by atoms with E-state index in [4.69, 9.17) is 10.00 Å². The van der Waals surface area contributed by atoms with Crippen LogP contribution in [0.5, 0.6) is 0 Å². The van der Waals surface area contributed by atoms with Gasteiger partial charge < -0.3 is 4.74 Å². The number of nitriles is 1. The van der Waals surface area contributed by atoms with Gasteiger partial charge in [0.1, 0.15) is 0 Å². The molecule has 0 fully saturated rings. The molecule has 0 aliphatic heterocycles. The maximum atomic E-state index is 12.2. The van der Waals surface area contributed by atoms with Gasteiger partial charge in [0.25, 0.3) is 15.9 Å². The maximum Gasteiger partial charge on any atom is 0.264 e. The first-order valence-electron chi connectivity index (χ1n) is 6.61. The Morgan fingerprint density at radius 2 is 1.91 bits per heavy atom. The molecule has 2 aromatic rings. The number of sulfonamides is 1. The summed E-state index contributed by atoms with van der Waals surface area (Å²) in [5, 5.41) is 8.81. The summed E-state index contributed by atoms with van der Waals surface area (Å²) in [6.07, 6.45) is 0. The van der Waals surface area contributed by atoms with Crippen molar-refractivity contribution in [2.24, 2.45) is 0 Å². The van der Waals surface area contributed by atoms with Gasteiger partial charge in [0.05, 0.1) is 23.1 Å². The molecule has 0 atom stereocenters. The van der Waals surface area contributed by atoms with Gasteiger partial charge in [0.2, 0.25) is 0 Å². The molecule has 118 valence electrons. The van der Waals surface area contributed by atoms with Crippen LogP contribution in [0.15, 0.2) is 53.4 Å². The predicted octanol–water partition coefficient (Wildman–Crippen LogP) is 1.82. The minimum Gasteiger partial charge on any atom is -0.380 e. The second-order valence-corrected chi connectivity index (χ2v) is 6.39. The highest BCUT2D eigenvalue weighted by Gasteiger charge is 2.19. The van der Waals surface area contributed by atoms with Gasteiger partial charge in [-0.1, -0.05) is 18.2 Å². The summed E-state index contributed by atoms with van der Waals surface area (Å²) in [4.78, 5) is 11.9. The van der Waals surface area contributed by atoms with E-state index in [1.54, 1.807) is 19.2 Å². The Hall–Kier alpha value is -2.69. The minimum atomic E-state index is -4.04. The fraction of sp³-hybridized carbons (Fsp3) is 0.125. The van der Waals surface area contributed by atoms with E-state index >= 15 is 0 Å². The fourth-order valence-electron chi connectivity index (χ4n) is 1.89. The van der Waals surface area contributed by atoms with Crippen molar-refractivity contribution in [1.29, 1.82) is 5.26 Å². The Kier molecular flexibility index (Phi) is 5.11. The zero-order valence-electron chi connectivity index (χ0n) is 12.3. The Morgan fingerprint density at radius 3 is 2.52 bits per heavy atom. The van der Waals surface area contributed by atoms with Gasteiger partial charge in [-0.15, -0.1) is 0 Å². The highest BCUT2D eigenvalue weighted by Crippen LogP contribution is 2.12. The summed E-state index contributed by atoms with van der Waals surface area (Å²) in [5.74, 6) is -0.740. The molecule has 0 aliphatic carbocycles. The monoisotopic (exact) mass is 330 g/mol. The number of amides is 1. The number of hydrogen-bond donors (Lipinski definition) is 1. The molecule has 0 aliphatic rings. The zero-order valence-corrected chi connectivity index (χ0v) is 13.1. The van der Waals surface area contributed by atoms with E-state index < -0.39 is 15.9 Å². The first-order chi connectivity index (χ1) is 11.0. The topological polar surface area (TPSA) is 96.3 Å². The molecule has 0 aromatic heterocycles. The SMILES string of the molecule is COCc1ccc(C(=O)NS(=O)(=O)c2cccc(C#N)c2)cc1. The molecule has 1 amide bonds. The molecule has 0 heterocycles. The molecule has 0 spiro atoms. The van der Waals surface area contributed by atoms with Crippen molar-refractivity contribution in [2.45, 2.75) is 11.5 Å². The van der Waals surface area contributed by atoms with E-state index in [0.717, 1.165) is 5.56 Å². The maximum absolute atomic E-state index is 12.2. The average Bonchev–Trinajstić information content (AvgIpc) is 2.55. The number of ether oxygens (including phenoxy) is 1. The van der Waals surface area contributed by atoms with Crippen LogP contribution >= 0.6 is 0 Å². The summed E-state index contributed by atoms with van der Waals surface area (Å²) < 4.78 is 31.3. The molecule has 2 aromatic carbocycles. The van der Waals surface area contributed by atoms with Crippen LogP contribution in [0.4, 0.5) is 0 Å². The minimum absolute atomic E-state index is 0.138. The number of methoxy groups -OCH3 is 1. The summed E-state index contributed by atoms with van der Waals surface area (Å²) in [6, 6.07) is 13.7. The number of carbonyl (C=O) groups excluding carboxylic acids is 1. The number of carbonyl (C=O) groups is 1. The van der Waals surface area contributed by atoms with E-state index in [9.17, 15) is 13.2 Å². The van der Waals surface area contributed by atoms with Crippen molar-refractivity contribution in [1.82, 2.24) is 4.72 Å². The highest BCUT2D eigenvalue weighted by atomic mass is 32.2. The lowest BCUT2D eigenvalue weighted by atomic mass is 10.1. The van der Waals surface area contributed by atoms with E-state index in [1.807, 2.05) is 10.8 Å². The molecule has 6 nitrogen and oxygen atoms in total. The van der Waals surface area contributed by atoms with Gasteiger partial charge >= 0.3 is 0 Å². The number of benzene rings is 2. The summed E-state index contributed by atoms with van der Waals surface area (Å²) in [5.41, 5.74) is 1.28. The van der Waals surface area contributed by atoms with Crippen molar-refractivity contribution in [3.05, 3.63) is 65.2 Å². The molecule has 1 N–H and O–H groups in total. The average molecular weight is 330 g/mol. The van der Waals surface area contributed by atoms with Gasteiger partial charge in [-0.25, -0.2) is 13.1 Å². The molecule has 0 saturated heterocycles. The van der Waals surface area contributed by atoms with Crippen molar-refractivity contribution in [3.8, 4) is 6.07 Å². The largest absolute Gasteiger partial charge is 0.380 e. The lowest BCUT2D eigenvalue weighted by Gasteiger charge is -2.08. The lowest BCUT2D eigenvalue weighted by Crippen LogP contribution is -2.30. The van der Waals surface area contributed by atoms with Crippen molar-refractivity contribution in [3.63, 3.8) is 0 Å². The number of hydrogen-bond acceptors (Lipinski definition) is 5. The van der Waals surface area contributed by atoms with Crippen LogP contribution < -0.4 is 4.72 Å². The van der Waals surface area contributed by atoms with Crippen LogP contribution in [0.1, 0.15) is 21.5 Å². The molecule has 0 radical (unpaired) electrons. The zero-order chi connectivity index (χ0) is 16.9. The van der Waals surface area contributed by atoms with E-state index in [-0.39, 0.29) is 16.0 Å². The molecule has 2 rings (SSSR count). The Balaban J connectivity index is 2.19. The van der Waals surface area contributed by atoms with Crippen LogP contribution in [-0.2, 0) is 21.4 Å².